The number of ether oxygens (including phenoxy) is 1. The molecule has 7 nitrogen and oxygen atoms in total. The van der Waals surface area contributed by atoms with E-state index in [0.717, 1.165) is 22.2 Å². The minimum absolute atomic E-state index is 0.331. The zero-order chi connectivity index (χ0) is 17.3. The first-order valence-electron chi connectivity index (χ1n) is 7.69. The average molecular weight is 369 g/mol. The van der Waals surface area contributed by atoms with E-state index in [1.54, 1.807) is 0 Å². The summed E-state index contributed by atoms with van der Waals surface area (Å²) in [5.41, 5.74) is 0.769. The number of amides is 1. The Morgan fingerprint density at radius 1 is 1.50 bits per heavy atom. The van der Waals surface area contributed by atoms with Crippen LogP contribution in [0.3, 0.4) is 0 Å². The number of nitrogens with one attached hydrogen (secondary N) is 1. The number of hydrogen-bond acceptors (Lipinski definition) is 6. The van der Waals surface area contributed by atoms with Crippen LogP contribution in [0.2, 0.25) is 0 Å². The summed E-state index contributed by atoms with van der Waals surface area (Å²) in [6.07, 6.45) is 2.34. The molecule has 9 heteroatoms. The highest BCUT2D eigenvalue weighted by Crippen LogP contribution is 2.30. The van der Waals surface area contributed by atoms with Crippen LogP contribution < -0.4 is 10.1 Å². The van der Waals surface area contributed by atoms with Crippen molar-refractivity contribution in [2.45, 2.75) is 25.8 Å². The number of aromatic nitrogens is 1. The number of anilines is 1. The zero-order valence-corrected chi connectivity index (χ0v) is 15.1. The van der Waals surface area contributed by atoms with Crippen molar-refractivity contribution in [2.24, 2.45) is 0 Å². The highest BCUT2D eigenvalue weighted by molar-refractivity contribution is 7.88. The van der Waals surface area contributed by atoms with E-state index in [-0.39, 0.29) is 5.91 Å². The van der Waals surface area contributed by atoms with Gasteiger partial charge in [0.25, 0.3) is 0 Å². The molecule has 1 aromatic heterocycles. The van der Waals surface area contributed by atoms with Gasteiger partial charge in [-0.2, -0.15) is 4.31 Å². The molecule has 2 heterocycles. The first kappa shape index (κ1) is 17.1. The van der Waals surface area contributed by atoms with Crippen LogP contribution in [0.15, 0.2) is 18.2 Å². The van der Waals surface area contributed by atoms with Crippen LogP contribution in [-0.4, -0.2) is 49.1 Å². The van der Waals surface area contributed by atoms with Gasteiger partial charge in [0.15, 0.2) is 5.13 Å². The monoisotopic (exact) mass is 369 g/mol. The van der Waals surface area contributed by atoms with Gasteiger partial charge in [0.05, 0.1) is 23.1 Å². The molecule has 2 aromatic rings. The van der Waals surface area contributed by atoms with Gasteiger partial charge in [0, 0.05) is 6.54 Å². The van der Waals surface area contributed by atoms with Gasteiger partial charge in [-0.1, -0.05) is 11.3 Å². The van der Waals surface area contributed by atoms with Crippen molar-refractivity contribution >= 4 is 42.6 Å². The Hall–Kier alpha value is -1.71. The second-order valence-corrected chi connectivity index (χ2v) is 8.57. The minimum atomic E-state index is -3.39. The van der Waals surface area contributed by atoms with Gasteiger partial charge in [-0.3, -0.25) is 4.79 Å². The van der Waals surface area contributed by atoms with E-state index in [1.807, 2.05) is 25.1 Å². The van der Waals surface area contributed by atoms with Gasteiger partial charge < -0.3 is 10.1 Å². The molecular weight excluding hydrogens is 350 g/mol. The molecule has 0 saturated carbocycles. The smallest absolute Gasteiger partial charge is 0.244 e. The van der Waals surface area contributed by atoms with Crippen molar-refractivity contribution in [3.05, 3.63) is 18.2 Å². The molecule has 0 bridgehead atoms. The van der Waals surface area contributed by atoms with Gasteiger partial charge >= 0.3 is 0 Å². The Morgan fingerprint density at radius 2 is 2.29 bits per heavy atom. The number of sulfonamides is 1. The van der Waals surface area contributed by atoms with E-state index in [4.69, 9.17) is 4.74 Å². The third kappa shape index (κ3) is 3.52. The van der Waals surface area contributed by atoms with Crippen molar-refractivity contribution in [1.29, 1.82) is 0 Å². The van der Waals surface area contributed by atoms with Crippen LogP contribution >= 0.6 is 11.3 Å². The molecule has 130 valence electrons. The Morgan fingerprint density at radius 3 is 3.00 bits per heavy atom. The van der Waals surface area contributed by atoms with Gasteiger partial charge in [-0.05, 0) is 38.0 Å². The lowest BCUT2D eigenvalue weighted by Gasteiger charge is -2.20. The molecule has 0 unspecified atom stereocenters. The van der Waals surface area contributed by atoms with Crippen LogP contribution in [0.5, 0.6) is 5.75 Å². The van der Waals surface area contributed by atoms with Crippen molar-refractivity contribution in [1.82, 2.24) is 9.29 Å². The summed E-state index contributed by atoms with van der Waals surface area (Å²) in [4.78, 5) is 16.8. The maximum atomic E-state index is 12.4. The Kier molecular flexibility index (Phi) is 4.75. The summed E-state index contributed by atoms with van der Waals surface area (Å²) in [7, 11) is -3.39. The average Bonchev–Trinajstić information content (AvgIpc) is 3.12. The van der Waals surface area contributed by atoms with Crippen LogP contribution in [0.1, 0.15) is 19.8 Å². The summed E-state index contributed by atoms with van der Waals surface area (Å²) in [5, 5.41) is 3.21. The predicted molar refractivity (Wildman–Crippen MR) is 94.0 cm³/mol. The number of rotatable bonds is 5. The molecular formula is C15H19N3O4S2. The van der Waals surface area contributed by atoms with E-state index in [0.29, 0.717) is 31.1 Å². The molecule has 3 rings (SSSR count). The van der Waals surface area contributed by atoms with E-state index < -0.39 is 16.1 Å². The lowest BCUT2D eigenvalue weighted by Crippen LogP contribution is -2.42. The highest BCUT2D eigenvalue weighted by Gasteiger charge is 2.36. The largest absolute Gasteiger partial charge is 0.494 e. The van der Waals surface area contributed by atoms with Crippen LogP contribution in [0, 0.1) is 0 Å². The Labute approximate surface area is 144 Å². The number of carbonyl (C=O) groups is 1. The van der Waals surface area contributed by atoms with E-state index in [2.05, 4.69) is 10.3 Å². The molecule has 0 aliphatic carbocycles. The van der Waals surface area contributed by atoms with Gasteiger partial charge in [0.1, 0.15) is 11.8 Å². The molecule has 1 aliphatic heterocycles. The fourth-order valence-corrected chi connectivity index (χ4v) is 4.82. The Balaban J connectivity index is 1.78. The number of nitrogens with zero attached hydrogens (tertiary/aromatic N) is 2. The zero-order valence-electron chi connectivity index (χ0n) is 13.5. The van der Waals surface area contributed by atoms with E-state index in [1.165, 1.54) is 15.6 Å². The second-order valence-electron chi connectivity index (χ2n) is 5.60. The summed E-state index contributed by atoms with van der Waals surface area (Å²) in [6.45, 7) is 2.88. The van der Waals surface area contributed by atoms with Crippen molar-refractivity contribution in [2.75, 3.05) is 24.7 Å². The van der Waals surface area contributed by atoms with E-state index in [9.17, 15) is 13.2 Å². The standard InChI is InChI=1S/C15H19N3O4S2/c1-3-22-10-6-7-11-13(9-10)23-15(16-11)17-14(19)12-5-4-8-18(12)24(2,20)21/h6-7,9,12H,3-5,8H2,1-2H3,(H,16,17,19)/t12-/m0/s1. The minimum Gasteiger partial charge on any atom is -0.494 e. The first-order chi connectivity index (χ1) is 11.4. The summed E-state index contributed by atoms with van der Waals surface area (Å²) < 4.78 is 31.1. The summed E-state index contributed by atoms with van der Waals surface area (Å²) in [5.74, 6) is 0.424. The van der Waals surface area contributed by atoms with Gasteiger partial charge in [0.2, 0.25) is 15.9 Å². The van der Waals surface area contributed by atoms with Gasteiger partial charge in [-0.15, -0.1) is 0 Å². The molecule has 1 N–H and O–H groups in total. The fourth-order valence-electron chi connectivity index (χ4n) is 2.80. The number of thiazole rings is 1. The molecule has 1 aliphatic rings. The molecule has 1 saturated heterocycles. The van der Waals surface area contributed by atoms with Crippen molar-refractivity contribution < 1.29 is 17.9 Å². The molecule has 1 fully saturated rings. The quantitative estimate of drug-likeness (QED) is 0.871. The third-order valence-corrected chi connectivity index (χ3v) is 6.06. The highest BCUT2D eigenvalue weighted by atomic mass is 32.2. The van der Waals surface area contributed by atoms with Crippen LogP contribution in [0.4, 0.5) is 5.13 Å². The Bertz CT molecular complexity index is 863. The normalized spacial score (nSPS) is 18.8. The summed E-state index contributed by atoms with van der Waals surface area (Å²) in [6, 6.07) is 4.89. The van der Waals surface area contributed by atoms with E-state index >= 15 is 0 Å². The van der Waals surface area contributed by atoms with Gasteiger partial charge in [-0.25, -0.2) is 13.4 Å². The SMILES string of the molecule is CCOc1ccc2nc(NC(=O)[C@@H]3CCCN3S(C)(=O)=O)sc2c1. The number of benzene rings is 1. The molecule has 1 amide bonds. The molecule has 24 heavy (non-hydrogen) atoms. The fraction of sp³-hybridized carbons (Fsp3) is 0.467. The van der Waals surface area contributed by atoms with Crippen molar-refractivity contribution in [3.8, 4) is 5.75 Å². The molecule has 0 spiro atoms. The molecule has 1 aromatic carbocycles. The van der Waals surface area contributed by atoms with Crippen LogP contribution in [0.25, 0.3) is 10.2 Å². The van der Waals surface area contributed by atoms with Crippen LogP contribution in [-0.2, 0) is 14.8 Å². The molecule has 0 radical (unpaired) electrons. The first-order valence-corrected chi connectivity index (χ1v) is 10.4. The lowest BCUT2D eigenvalue weighted by molar-refractivity contribution is -0.119. The third-order valence-electron chi connectivity index (χ3n) is 3.83. The molecule has 1 atom stereocenters. The predicted octanol–water partition coefficient (Wildman–Crippen LogP) is 2.06. The van der Waals surface area contributed by atoms with Crippen molar-refractivity contribution in [3.63, 3.8) is 0 Å². The number of fused-ring (bicyclic) bond motifs is 1. The maximum absolute atomic E-state index is 12.4. The number of carbonyl (C=O) groups excluding carboxylic acids is 1. The maximum Gasteiger partial charge on any atom is 0.244 e. The second kappa shape index (κ2) is 6.66. The summed E-state index contributed by atoms with van der Waals surface area (Å²) >= 11 is 1.34. The lowest BCUT2D eigenvalue weighted by atomic mass is 10.2. The number of hydrogen-bond donors (Lipinski definition) is 1. The topological polar surface area (TPSA) is 88.6 Å².